The lowest BCUT2D eigenvalue weighted by Crippen LogP contribution is -2.45. The van der Waals surface area contributed by atoms with Gasteiger partial charge in [-0.15, -0.1) is 0 Å². The average molecular weight is 439 g/mol. The van der Waals surface area contributed by atoms with E-state index >= 15 is 0 Å². The van der Waals surface area contributed by atoms with Gasteiger partial charge >= 0.3 is 0 Å². The highest BCUT2D eigenvalue weighted by Crippen LogP contribution is 2.75. The van der Waals surface area contributed by atoms with Crippen molar-refractivity contribution in [1.82, 2.24) is 0 Å². The molecule has 21 heavy (non-hydrogen) atoms. The Morgan fingerprint density at radius 2 is 1.95 bits per heavy atom. The van der Waals surface area contributed by atoms with Crippen LogP contribution in [0.25, 0.3) is 0 Å². The van der Waals surface area contributed by atoms with Crippen LogP contribution in [0.3, 0.4) is 0 Å². The number of aliphatic hydroxyl groups is 1. The third-order valence-electron chi connectivity index (χ3n) is 5.61. The lowest BCUT2D eigenvalue weighted by Gasteiger charge is -2.41. The molecule has 0 bridgehead atoms. The van der Waals surface area contributed by atoms with E-state index in [9.17, 15) is 5.11 Å². The Morgan fingerprint density at radius 1 is 1.33 bits per heavy atom. The summed E-state index contributed by atoms with van der Waals surface area (Å²) in [6, 6.07) is 8.25. The van der Waals surface area contributed by atoms with E-state index < -0.39 is 12.8 Å². The maximum atomic E-state index is 11.6. The molecule has 1 N–H and O–H groups in total. The molecule has 0 radical (unpaired) electrons. The maximum absolute atomic E-state index is 11.6. The predicted molar refractivity (Wildman–Crippen MR) is 103 cm³/mol. The zero-order valence-electron chi connectivity index (χ0n) is 12.9. The second-order valence-electron chi connectivity index (χ2n) is 7.38. The molecule has 0 aromatic heterocycles. The molecule has 4 heteroatoms. The molecule has 0 amide bonds. The molecule has 2 fully saturated rings. The third-order valence-corrected chi connectivity index (χ3v) is 7.92. The average Bonchev–Trinajstić information content (AvgIpc) is 3.06. The van der Waals surface area contributed by atoms with Crippen molar-refractivity contribution >= 4 is 40.0 Å². The van der Waals surface area contributed by atoms with Gasteiger partial charge in [-0.05, 0) is 82.5 Å². The molecule has 3 rings (SSSR count). The summed E-state index contributed by atoms with van der Waals surface area (Å²) in [4.78, 5) is 0. The standard InChI is InChI=1S/C17H24ClIOS/c1-12-8-9-16(17(12,20)11-21(2,3)19)10-15(16)13-4-6-14(18)7-5-13/h4-7,12,15,20H,8-11H2,1-3H3. The second-order valence-corrected chi connectivity index (χ2v) is 18.1. The monoisotopic (exact) mass is 438 g/mol. The van der Waals surface area contributed by atoms with Crippen molar-refractivity contribution < 1.29 is 5.11 Å². The minimum Gasteiger partial charge on any atom is -0.388 e. The van der Waals surface area contributed by atoms with Gasteiger partial charge in [-0.25, -0.2) is 0 Å². The van der Waals surface area contributed by atoms with E-state index in [0.717, 1.165) is 23.6 Å². The number of halogens is 2. The molecule has 1 spiro atoms. The van der Waals surface area contributed by atoms with Crippen molar-refractivity contribution in [1.29, 1.82) is 0 Å². The first-order valence-electron chi connectivity index (χ1n) is 7.56. The van der Waals surface area contributed by atoms with Crippen LogP contribution in [0.1, 0.15) is 37.7 Å². The molecule has 0 heterocycles. The van der Waals surface area contributed by atoms with Crippen LogP contribution >= 0.6 is 40.0 Å². The minimum absolute atomic E-state index is 0.121. The fourth-order valence-electron chi connectivity index (χ4n) is 4.42. The summed E-state index contributed by atoms with van der Waals surface area (Å²) in [6.45, 7) is 2.24. The van der Waals surface area contributed by atoms with Gasteiger partial charge in [0.1, 0.15) is 0 Å². The van der Waals surface area contributed by atoms with Gasteiger partial charge in [0, 0.05) is 16.2 Å². The van der Waals surface area contributed by atoms with E-state index in [1.54, 1.807) is 0 Å². The highest BCUT2D eigenvalue weighted by Gasteiger charge is 2.70. The lowest BCUT2D eigenvalue weighted by atomic mass is 9.81. The van der Waals surface area contributed by atoms with Crippen molar-refractivity contribution in [2.45, 2.75) is 37.7 Å². The van der Waals surface area contributed by atoms with Crippen LogP contribution in [0, 0.1) is 11.3 Å². The van der Waals surface area contributed by atoms with Gasteiger partial charge in [-0.1, -0.05) is 30.7 Å². The lowest BCUT2D eigenvalue weighted by molar-refractivity contribution is -0.0227. The Bertz CT molecular complexity index is 541. The number of rotatable bonds is 3. The Labute approximate surface area is 146 Å². The molecular formula is C17H24ClIOS. The molecule has 2 aliphatic carbocycles. The molecule has 4 atom stereocenters. The van der Waals surface area contributed by atoms with Crippen molar-refractivity contribution in [3.63, 3.8) is 0 Å². The molecule has 0 aliphatic heterocycles. The van der Waals surface area contributed by atoms with Crippen LogP contribution in [0.2, 0.25) is 5.02 Å². The summed E-state index contributed by atoms with van der Waals surface area (Å²) in [6.07, 6.45) is 8.09. The number of benzene rings is 1. The van der Waals surface area contributed by atoms with E-state index in [1.165, 1.54) is 12.0 Å². The fraction of sp³-hybridized carbons (Fsp3) is 0.647. The van der Waals surface area contributed by atoms with E-state index in [4.69, 9.17) is 11.6 Å². The van der Waals surface area contributed by atoms with Crippen LogP contribution in [0.5, 0.6) is 0 Å². The van der Waals surface area contributed by atoms with Crippen molar-refractivity contribution in [3.05, 3.63) is 34.9 Å². The van der Waals surface area contributed by atoms with Crippen LogP contribution in [0.4, 0.5) is 0 Å². The summed E-state index contributed by atoms with van der Waals surface area (Å²) in [5.74, 6) is 1.89. The quantitative estimate of drug-likeness (QED) is 0.627. The smallest absolute Gasteiger partial charge is 0.0817 e. The Balaban J connectivity index is 1.89. The molecule has 2 aliphatic rings. The first kappa shape index (κ1) is 16.4. The van der Waals surface area contributed by atoms with E-state index in [1.807, 2.05) is 12.1 Å². The molecule has 0 saturated heterocycles. The van der Waals surface area contributed by atoms with Gasteiger partial charge in [0.25, 0.3) is 0 Å². The van der Waals surface area contributed by atoms with Crippen molar-refractivity contribution in [2.75, 3.05) is 18.3 Å². The molecular weight excluding hydrogens is 415 g/mol. The van der Waals surface area contributed by atoms with Gasteiger partial charge in [-0.2, -0.15) is 7.20 Å². The zero-order chi connectivity index (χ0) is 15.5. The highest BCUT2D eigenvalue weighted by atomic mass is 127. The Kier molecular flexibility index (Phi) is 4.13. The topological polar surface area (TPSA) is 20.2 Å². The molecule has 1 aromatic carbocycles. The largest absolute Gasteiger partial charge is 0.388 e. The molecule has 4 unspecified atom stereocenters. The second kappa shape index (κ2) is 5.29. The predicted octanol–water partition coefficient (Wildman–Crippen LogP) is 5.39. The van der Waals surface area contributed by atoms with Gasteiger partial charge in [0.2, 0.25) is 0 Å². The molecule has 1 aromatic rings. The van der Waals surface area contributed by atoms with Crippen LogP contribution in [-0.4, -0.2) is 29.0 Å². The summed E-state index contributed by atoms with van der Waals surface area (Å²) < 4.78 is 0. The Morgan fingerprint density at radius 3 is 2.52 bits per heavy atom. The SMILES string of the molecule is CC1CCC2(CC2c2ccc(Cl)cc2)C1(O)CS(C)(C)I. The van der Waals surface area contributed by atoms with Gasteiger partial charge in [-0.3, -0.25) is 0 Å². The molecule has 1 nitrogen and oxygen atoms in total. The van der Waals surface area contributed by atoms with Crippen LogP contribution in [-0.2, 0) is 0 Å². The number of hydrogen-bond donors (Lipinski definition) is 1. The van der Waals surface area contributed by atoms with Gasteiger partial charge in [0.05, 0.1) is 5.60 Å². The van der Waals surface area contributed by atoms with Crippen LogP contribution < -0.4 is 0 Å². The minimum atomic E-state index is -0.743. The van der Waals surface area contributed by atoms with Crippen LogP contribution in [0.15, 0.2) is 24.3 Å². The highest BCUT2D eigenvalue weighted by molar-refractivity contribution is 14.2. The summed E-state index contributed by atoms with van der Waals surface area (Å²) in [5.41, 5.74) is 0.987. The third kappa shape index (κ3) is 2.77. The van der Waals surface area contributed by atoms with E-state index in [-0.39, 0.29) is 5.41 Å². The van der Waals surface area contributed by atoms with E-state index in [2.05, 4.69) is 52.8 Å². The zero-order valence-corrected chi connectivity index (χ0v) is 16.6. The summed E-state index contributed by atoms with van der Waals surface area (Å²) >= 11 is 8.57. The van der Waals surface area contributed by atoms with E-state index in [0.29, 0.717) is 11.8 Å². The Hall–Kier alpha value is 0.550. The normalized spacial score (nSPS) is 39.7. The summed E-state index contributed by atoms with van der Waals surface area (Å²) in [5, 5.41) is 12.4. The summed E-state index contributed by atoms with van der Waals surface area (Å²) in [7, 11) is -0.743. The van der Waals surface area contributed by atoms with Gasteiger partial charge in [0.15, 0.2) is 0 Å². The molecule has 2 saturated carbocycles. The first-order chi connectivity index (χ1) is 9.68. The fourth-order valence-corrected chi connectivity index (χ4v) is 7.59. The molecule has 118 valence electrons. The number of hydrogen-bond acceptors (Lipinski definition) is 1. The van der Waals surface area contributed by atoms with Crippen molar-refractivity contribution in [2.24, 2.45) is 11.3 Å². The van der Waals surface area contributed by atoms with Gasteiger partial charge < -0.3 is 5.11 Å². The first-order valence-corrected chi connectivity index (χ1v) is 13.1. The van der Waals surface area contributed by atoms with Crippen molar-refractivity contribution in [3.8, 4) is 0 Å². The maximum Gasteiger partial charge on any atom is 0.0817 e.